The fourth-order valence-electron chi connectivity index (χ4n) is 3.33. The second-order valence-electron chi connectivity index (χ2n) is 6.93. The van der Waals surface area contributed by atoms with E-state index in [9.17, 15) is 27.2 Å². The zero-order valence-electron chi connectivity index (χ0n) is 16.1. The number of thioether (sulfide) groups is 1. The van der Waals surface area contributed by atoms with Crippen molar-refractivity contribution in [3.8, 4) is 0 Å². The Bertz CT molecular complexity index is 1290. The molecule has 0 aromatic heterocycles. The summed E-state index contributed by atoms with van der Waals surface area (Å²) in [6, 6.07) is 9.33. The van der Waals surface area contributed by atoms with E-state index < -0.39 is 39.6 Å². The average molecular weight is 492 g/mol. The Morgan fingerprint density at radius 2 is 1.69 bits per heavy atom. The molecule has 2 saturated heterocycles. The first-order chi connectivity index (χ1) is 15.1. The van der Waals surface area contributed by atoms with E-state index in [1.165, 1.54) is 54.6 Å². The first-order valence-electron chi connectivity index (χ1n) is 9.08. The van der Waals surface area contributed by atoms with Crippen molar-refractivity contribution in [1.29, 1.82) is 0 Å². The number of primary sulfonamides is 1. The molecule has 0 spiro atoms. The second-order valence-corrected chi connectivity index (χ2v) is 10.2. The lowest BCUT2D eigenvalue weighted by Gasteiger charge is -2.21. The number of rotatable bonds is 4. The van der Waals surface area contributed by atoms with Crippen LogP contribution in [-0.2, 0) is 24.4 Å². The van der Waals surface area contributed by atoms with Gasteiger partial charge >= 0.3 is 0 Å². The molecule has 2 heterocycles. The molecule has 4 rings (SSSR count). The fraction of sp³-hybridized carbons (Fsp3) is 0.100. The molecule has 2 aliphatic rings. The average Bonchev–Trinajstić information content (AvgIpc) is 3.17. The molecule has 164 valence electrons. The van der Waals surface area contributed by atoms with Crippen molar-refractivity contribution < 1.29 is 27.2 Å². The number of hydrogen-bond donors (Lipinski definition) is 1. The predicted octanol–water partition coefficient (Wildman–Crippen LogP) is 2.01. The molecule has 3 amide bonds. The van der Waals surface area contributed by atoms with Gasteiger partial charge < -0.3 is 0 Å². The highest BCUT2D eigenvalue weighted by Gasteiger charge is 2.48. The summed E-state index contributed by atoms with van der Waals surface area (Å²) in [5.74, 6) is -2.15. The maximum absolute atomic E-state index is 13.1. The number of halogens is 1. The smallest absolute Gasteiger partial charge is 0.266 e. The van der Waals surface area contributed by atoms with Crippen LogP contribution in [0, 0.1) is 5.82 Å². The SMILES string of the molecule is NS(=O)(=O)c1ccc(N2C(=O)CC(N3C(=O)/C(=C/c4ccc(F)cc4)SC3=S)C2=O)cc1. The predicted molar refractivity (Wildman–Crippen MR) is 120 cm³/mol. The van der Waals surface area contributed by atoms with Crippen molar-refractivity contribution >= 4 is 67.8 Å². The molecule has 32 heavy (non-hydrogen) atoms. The van der Waals surface area contributed by atoms with E-state index in [1.54, 1.807) is 0 Å². The number of imide groups is 1. The maximum Gasteiger partial charge on any atom is 0.266 e. The third-order valence-corrected chi connectivity index (χ3v) is 7.11. The van der Waals surface area contributed by atoms with Gasteiger partial charge in [0.15, 0.2) is 0 Å². The monoisotopic (exact) mass is 491 g/mol. The summed E-state index contributed by atoms with van der Waals surface area (Å²) in [4.78, 5) is 40.6. The van der Waals surface area contributed by atoms with Gasteiger partial charge in [0.05, 0.1) is 21.9 Å². The van der Waals surface area contributed by atoms with Gasteiger partial charge in [0.1, 0.15) is 16.2 Å². The Morgan fingerprint density at radius 1 is 1.06 bits per heavy atom. The zero-order chi connectivity index (χ0) is 23.2. The highest BCUT2D eigenvalue weighted by Crippen LogP contribution is 2.37. The van der Waals surface area contributed by atoms with Gasteiger partial charge in [-0.25, -0.2) is 22.8 Å². The van der Waals surface area contributed by atoms with E-state index in [0.717, 1.165) is 21.6 Å². The number of anilines is 1. The Labute approximate surface area is 191 Å². The van der Waals surface area contributed by atoms with E-state index >= 15 is 0 Å². The molecule has 8 nitrogen and oxygen atoms in total. The summed E-state index contributed by atoms with van der Waals surface area (Å²) >= 11 is 6.26. The molecule has 1 unspecified atom stereocenters. The van der Waals surface area contributed by atoms with Gasteiger partial charge in [-0.2, -0.15) is 0 Å². The van der Waals surface area contributed by atoms with Gasteiger partial charge in [-0.3, -0.25) is 19.3 Å². The van der Waals surface area contributed by atoms with Crippen molar-refractivity contribution in [2.45, 2.75) is 17.4 Å². The van der Waals surface area contributed by atoms with Crippen LogP contribution >= 0.6 is 24.0 Å². The van der Waals surface area contributed by atoms with Crippen molar-refractivity contribution in [1.82, 2.24) is 4.90 Å². The second kappa shape index (κ2) is 8.20. The minimum Gasteiger partial charge on any atom is -0.280 e. The number of amides is 3. The third kappa shape index (κ3) is 4.09. The number of nitrogens with two attached hydrogens (primary N) is 1. The quantitative estimate of drug-likeness (QED) is 0.395. The van der Waals surface area contributed by atoms with Crippen LogP contribution in [0.15, 0.2) is 58.3 Å². The summed E-state index contributed by atoms with van der Waals surface area (Å²) in [6.45, 7) is 0. The van der Waals surface area contributed by atoms with E-state index in [-0.39, 0.29) is 26.2 Å². The first kappa shape index (κ1) is 22.3. The molecule has 2 fully saturated rings. The molecule has 2 aromatic carbocycles. The van der Waals surface area contributed by atoms with Crippen molar-refractivity contribution in [3.63, 3.8) is 0 Å². The van der Waals surface area contributed by atoms with Crippen molar-refractivity contribution in [2.24, 2.45) is 5.14 Å². The van der Waals surface area contributed by atoms with Crippen LogP contribution in [-0.4, -0.2) is 41.4 Å². The molecular formula is C20H14FN3O5S3. The Balaban J connectivity index is 1.58. The van der Waals surface area contributed by atoms with Crippen LogP contribution < -0.4 is 10.0 Å². The lowest BCUT2D eigenvalue weighted by molar-refractivity contribution is -0.129. The number of carbonyl (C=O) groups is 3. The fourth-order valence-corrected chi connectivity index (χ4v) is 5.20. The number of carbonyl (C=O) groups excluding carboxylic acids is 3. The van der Waals surface area contributed by atoms with Crippen LogP contribution in [0.1, 0.15) is 12.0 Å². The largest absolute Gasteiger partial charge is 0.280 e. The Morgan fingerprint density at radius 3 is 2.28 bits per heavy atom. The third-order valence-electron chi connectivity index (χ3n) is 4.85. The van der Waals surface area contributed by atoms with Gasteiger partial charge in [0.2, 0.25) is 15.9 Å². The van der Waals surface area contributed by atoms with Crippen LogP contribution in [0.2, 0.25) is 0 Å². The summed E-state index contributed by atoms with van der Waals surface area (Å²) in [6.07, 6.45) is 1.26. The van der Waals surface area contributed by atoms with E-state index in [0.29, 0.717) is 5.56 Å². The summed E-state index contributed by atoms with van der Waals surface area (Å²) in [5.41, 5.74) is 0.736. The minimum atomic E-state index is -3.93. The topological polar surface area (TPSA) is 118 Å². The van der Waals surface area contributed by atoms with Gasteiger partial charge in [-0.15, -0.1) is 0 Å². The summed E-state index contributed by atoms with van der Waals surface area (Å²) in [5, 5.41) is 5.07. The molecule has 12 heteroatoms. The van der Waals surface area contributed by atoms with Crippen LogP contribution in [0.5, 0.6) is 0 Å². The van der Waals surface area contributed by atoms with Crippen LogP contribution in [0.25, 0.3) is 6.08 Å². The van der Waals surface area contributed by atoms with Gasteiger partial charge in [-0.05, 0) is 48.0 Å². The van der Waals surface area contributed by atoms with Gasteiger partial charge in [0, 0.05) is 0 Å². The standard InChI is InChI=1S/C20H14FN3O5S3/c21-12-3-1-11(2-4-12)9-16-19(27)24(20(30)31-16)15-10-17(25)23(18(15)26)13-5-7-14(8-6-13)32(22,28)29/h1-9,15H,10H2,(H2,22,28,29)/b16-9-. The van der Waals surface area contributed by atoms with E-state index in [1.807, 2.05) is 0 Å². The number of sulfonamides is 1. The zero-order valence-corrected chi connectivity index (χ0v) is 18.5. The Kier molecular flexibility index (Phi) is 5.71. The lowest BCUT2D eigenvalue weighted by Crippen LogP contribution is -2.44. The summed E-state index contributed by atoms with van der Waals surface area (Å²) in [7, 11) is -3.93. The van der Waals surface area contributed by atoms with Crippen molar-refractivity contribution in [2.75, 3.05) is 4.90 Å². The number of thiocarbonyl (C=S) groups is 1. The first-order valence-corrected chi connectivity index (χ1v) is 11.9. The molecule has 0 radical (unpaired) electrons. The number of nitrogens with zero attached hydrogens (tertiary/aromatic N) is 2. The van der Waals surface area contributed by atoms with Crippen molar-refractivity contribution in [3.05, 3.63) is 64.8 Å². The molecule has 0 bridgehead atoms. The number of benzene rings is 2. The normalized spacial score (nSPS) is 20.7. The molecule has 0 saturated carbocycles. The van der Waals surface area contributed by atoms with Crippen LogP contribution in [0.3, 0.4) is 0 Å². The molecule has 1 atom stereocenters. The van der Waals surface area contributed by atoms with Gasteiger partial charge in [0.25, 0.3) is 11.8 Å². The van der Waals surface area contributed by atoms with E-state index in [2.05, 4.69) is 0 Å². The maximum atomic E-state index is 13.1. The molecule has 2 aliphatic heterocycles. The van der Waals surface area contributed by atoms with Gasteiger partial charge in [-0.1, -0.05) is 36.1 Å². The Hall–Kier alpha value is -2.93. The molecule has 0 aliphatic carbocycles. The molecular weight excluding hydrogens is 477 g/mol. The summed E-state index contributed by atoms with van der Waals surface area (Å²) < 4.78 is 36.1. The van der Waals surface area contributed by atoms with Crippen LogP contribution in [0.4, 0.5) is 10.1 Å². The minimum absolute atomic E-state index is 0.126. The van der Waals surface area contributed by atoms with E-state index in [4.69, 9.17) is 17.4 Å². The highest BCUT2D eigenvalue weighted by atomic mass is 32.2. The molecule has 2 N–H and O–H groups in total. The number of hydrogen-bond acceptors (Lipinski definition) is 7. The molecule has 2 aromatic rings. The highest BCUT2D eigenvalue weighted by molar-refractivity contribution is 8.26. The lowest BCUT2D eigenvalue weighted by atomic mass is 10.2.